The van der Waals surface area contributed by atoms with Gasteiger partial charge in [0.2, 0.25) is 5.91 Å². The summed E-state index contributed by atoms with van der Waals surface area (Å²) < 4.78 is 0. The van der Waals surface area contributed by atoms with Crippen LogP contribution in [-0.2, 0) is 4.79 Å². The van der Waals surface area contributed by atoms with Gasteiger partial charge in [0, 0.05) is 12.6 Å². The summed E-state index contributed by atoms with van der Waals surface area (Å²) in [6.07, 6.45) is 6.40. The van der Waals surface area contributed by atoms with Gasteiger partial charge in [0.15, 0.2) is 0 Å². The Bertz CT molecular complexity index is 238. The molecule has 106 valence electrons. The maximum absolute atomic E-state index is 11.7. The van der Waals surface area contributed by atoms with Crippen molar-refractivity contribution in [3.63, 3.8) is 0 Å². The van der Waals surface area contributed by atoms with Crippen molar-refractivity contribution < 1.29 is 9.90 Å². The normalized spacial score (nSPS) is 18.9. The number of aliphatic hydroxyl groups excluding tert-OH is 1. The first-order valence-corrected chi connectivity index (χ1v) is 7.26. The molecule has 1 rings (SSSR count). The largest absolute Gasteiger partial charge is 0.392 e. The second-order valence-corrected chi connectivity index (χ2v) is 5.82. The fourth-order valence-electron chi connectivity index (χ4n) is 2.51. The number of carbonyl (C=O) groups is 1. The van der Waals surface area contributed by atoms with Crippen LogP contribution < -0.4 is 10.6 Å². The van der Waals surface area contributed by atoms with Crippen LogP contribution >= 0.6 is 0 Å². The van der Waals surface area contributed by atoms with Gasteiger partial charge >= 0.3 is 0 Å². The lowest BCUT2D eigenvalue weighted by atomic mass is 9.95. The average Bonchev–Trinajstić information content (AvgIpc) is 2.29. The van der Waals surface area contributed by atoms with E-state index in [-0.39, 0.29) is 12.0 Å². The summed E-state index contributed by atoms with van der Waals surface area (Å²) in [7, 11) is 0. The molecule has 0 heterocycles. The molecule has 0 radical (unpaired) electrons. The summed E-state index contributed by atoms with van der Waals surface area (Å²) in [5, 5.41) is 15.7. The summed E-state index contributed by atoms with van der Waals surface area (Å²) in [6, 6.07) is 0.369. The summed E-state index contributed by atoms with van der Waals surface area (Å²) in [6.45, 7) is 4.97. The molecule has 4 heteroatoms. The number of hydrogen-bond acceptors (Lipinski definition) is 3. The van der Waals surface area contributed by atoms with Crippen LogP contribution in [0.4, 0.5) is 0 Å². The molecule has 0 aromatic carbocycles. The third-order valence-electron chi connectivity index (χ3n) is 3.38. The van der Waals surface area contributed by atoms with Crippen LogP contribution in [0.5, 0.6) is 0 Å². The van der Waals surface area contributed by atoms with Crippen LogP contribution in [0.25, 0.3) is 0 Å². The molecule has 0 saturated heterocycles. The van der Waals surface area contributed by atoms with Crippen LogP contribution in [0.1, 0.15) is 52.4 Å². The van der Waals surface area contributed by atoms with Crippen LogP contribution in [0, 0.1) is 5.92 Å². The second-order valence-electron chi connectivity index (χ2n) is 5.82. The fraction of sp³-hybridized carbons (Fsp3) is 0.929. The highest BCUT2D eigenvalue weighted by Gasteiger charge is 2.15. The summed E-state index contributed by atoms with van der Waals surface area (Å²) >= 11 is 0. The lowest BCUT2D eigenvalue weighted by Gasteiger charge is -2.23. The van der Waals surface area contributed by atoms with E-state index in [1.54, 1.807) is 0 Å². The van der Waals surface area contributed by atoms with E-state index in [4.69, 9.17) is 0 Å². The quantitative estimate of drug-likeness (QED) is 0.646. The predicted octanol–water partition coefficient (Wildman–Crippen LogP) is 1.43. The van der Waals surface area contributed by atoms with Gasteiger partial charge in [0.05, 0.1) is 12.6 Å². The van der Waals surface area contributed by atoms with Gasteiger partial charge in [-0.1, -0.05) is 33.1 Å². The SMILES string of the molecule is CC(C)CC(O)CNCC(=O)NC1CCCCC1. The fourth-order valence-corrected chi connectivity index (χ4v) is 2.51. The highest BCUT2D eigenvalue weighted by Crippen LogP contribution is 2.17. The van der Waals surface area contributed by atoms with Crippen molar-refractivity contribution in [2.75, 3.05) is 13.1 Å². The number of hydrogen-bond donors (Lipinski definition) is 3. The van der Waals surface area contributed by atoms with Crippen molar-refractivity contribution in [3.8, 4) is 0 Å². The second kappa shape index (κ2) is 8.48. The van der Waals surface area contributed by atoms with E-state index in [0.29, 0.717) is 25.0 Å². The van der Waals surface area contributed by atoms with E-state index >= 15 is 0 Å². The Hall–Kier alpha value is -0.610. The molecule has 1 fully saturated rings. The van der Waals surface area contributed by atoms with E-state index in [9.17, 15) is 9.90 Å². The molecule has 1 aliphatic carbocycles. The number of amides is 1. The maximum atomic E-state index is 11.7. The summed E-state index contributed by atoms with van der Waals surface area (Å²) in [5.41, 5.74) is 0. The number of rotatable bonds is 7. The van der Waals surface area contributed by atoms with Crippen LogP contribution in [-0.4, -0.2) is 36.2 Å². The third kappa shape index (κ3) is 6.97. The Morgan fingerprint density at radius 2 is 1.94 bits per heavy atom. The van der Waals surface area contributed by atoms with Crippen molar-refractivity contribution in [2.24, 2.45) is 5.92 Å². The van der Waals surface area contributed by atoms with Gasteiger partial charge < -0.3 is 15.7 Å². The predicted molar refractivity (Wildman–Crippen MR) is 73.3 cm³/mol. The number of carbonyl (C=O) groups excluding carboxylic acids is 1. The molecule has 0 aromatic heterocycles. The van der Waals surface area contributed by atoms with Gasteiger partial charge in [-0.15, -0.1) is 0 Å². The minimum atomic E-state index is -0.354. The molecule has 1 saturated carbocycles. The Morgan fingerprint density at radius 1 is 1.28 bits per heavy atom. The first-order valence-electron chi connectivity index (χ1n) is 7.26. The molecule has 3 N–H and O–H groups in total. The smallest absolute Gasteiger partial charge is 0.234 e. The first-order chi connectivity index (χ1) is 8.58. The van der Waals surface area contributed by atoms with Crippen molar-refractivity contribution in [2.45, 2.75) is 64.5 Å². The molecule has 1 amide bonds. The molecule has 0 aliphatic heterocycles. The zero-order valence-corrected chi connectivity index (χ0v) is 11.7. The molecule has 4 nitrogen and oxygen atoms in total. The van der Waals surface area contributed by atoms with Crippen LogP contribution in [0.3, 0.4) is 0 Å². The van der Waals surface area contributed by atoms with Gasteiger partial charge in [0.25, 0.3) is 0 Å². The van der Waals surface area contributed by atoms with Crippen molar-refractivity contribution in [1.82, 2.24) is 10.6 Å². The number of nitrogens with one attached hydrogen (secondary N) is 2. The Balaban J connectivity index is 2.05. The molecule has 0 spiro atoms. The van der Waals surface area contributed by atoms with E-state index < -0.39 is 0 Å². The van der Waals surface area contributed by atoms with Crippen molar-refractivity contribution in [3.05, 3.63) is 0 Å². The van der Waals surface area contributed by atoms with Crippen molar-refractivity contribution >= 4 is 5.91 Å². The van der Waals surface area contributed by atoms with E-state index in [1.807, 2.05) is 0 Å². The highest BCUT2D eigenvalue weighted by atomic mass is 16.3. The summed E-state index contributed by atoms with van der Waals surface area (Å²) in [4.78, 5) is 11.7. The van der Waals surface area contributed by atoms with E-state index in [0.717, 1.165) is 19.3 Å². The van der Waals surface area contributed by atoms with Gasteiger partial charge in [-0.2, -0.15) is 0 Å². The van der Waals surface area contributed by atoms with Crippen molar-refractivity contribution in [1.29, 1.82) is 0 Å². The lowest BCUT2D eigenvalue weighted by molar-refractivity contribution is -0.121. The average molecular weight is 256 g/mol. The molecule has 1 aliphatic rings. The van der Waals surface area contributed by atoms with E-state index in [1.165, 1.54) is 19.3 Å². The zero-order chi connectivity index (χ0) is 13.4. The van der Waals surface area contributed by atoms with Gasteiger partial charge in [-0.25, -0.2) is 0 Å². The highest BCUT2D eigenvalue weighted by molar-refractivity contribution is 5.78. The Morgan fingerprint density at radius 3 is 2.56 bits per heavy atom. The standard InChI is InChI=1S/C14H28N2O2/c1-11(2)8-13(17)9-15-10-14(18)16-12-6-4-3-5-7-12/h11-13,15,17H,3-10H2,1-2H3,(H,16,18). The van der Waals surface area contributed by atoms with Crippen LogP contribution in [0.2, 0.25) is 0 Å². The Labute approximate surface area is 111 Å². The first kappa shape index (κ1) is 15.4. The molecule has 18 heavy (non-hydrogen) atoms. The molecule has 0 aromatic rings. The monoisotopic (exact) mass is 256 g/mol. The Kier molecular flexibility index (Phi) is 7.28. The van der Waals surface area contributed by atoms with E-state index in [2.05, 4.69) is 24.5 Å². The van der Waals surface area contributed by atoms with Crippen LogP contribution in [0.15, 0.2) is 0 Å². The molecular formula is C14H28N2O2. The summed E-state index contributed by atoms with van der Waals surface area (Å²) in [5.74, 6) is 0.538. The number of aliphatic hydroxyl groups is 1. The van der Waals surface area contributed by atoms with Gasteiger partial charge in [-0.3, -0.25) is 4.79 Å². The molecule has 1 unspecified atom stereocenters. The minimum absolute atomic E-state index is 0.0543. The third-order valence-corrected chi connectivity index (χ3v) is 3.38. The van der Waals surface area contributed by atoms with Gasteiger partial charge in [-0.05, 0) is 25.2 Å². The topological polar surface area (TPSA) is 61.4 Å². The molecular weight excluding hydrogens is 228 g/mol. The zero-order valence-electron chi connectivity index (χ0n) is 11.7. The lowest BCUT2D eigenvalue weighted by Crippen LogP contribution is -2.42. The molecule has 0 bridgehead atoms. The molecule has 1 atom stereocenters. The maximum Gasteiger partial charge on any atom is 0.234 e. The minimum Gasteiger partial charge on any atom is -0.392 e. The van der Waals surface area contributed by atoms with Gasteiger partial charge in [0.1, 0.15) is 0 Å².